The van der Waals surface area contributed by atoms with Gasteiger partial charge in [-0.3, -0.25) is 14.7 Å². The van der Waals surface area contributed by atoms with Gasteiger partial charge in [-0.2, -0.15) is 0 Å². The Labute approximate surface area is 176 Å². The number of aliphatic hydroxyl groups is 1. The molecule has 1 aromatic heterocycles. The monoisotopic (exact) mass is 415 g/mol. The summed E-state index contributed by atoms with van der Waals surface area (Å²) in [5, 5.41) is 18.9. The fourth-order valence-corrected chi connectivity index (χ4v) is 4.88. The molecule has 7 nitrogen and oxygen atoms in total. The first-order valence-electron chi connectivity index (χ1n) is 10.7. The van der Waals surface area contributed by atoms with Gasteiger partial charge in [0.15, 0.2) is 0 Å². The number of hydrogen-bond acceptors (Lipinski definition) is 6. The molecule has 4 rings (SSSR count). The van der Waals surface area contributed by atoms with Crippen molar-refractivity contribution in [2.24, 2.45) is 5.92 Å². The normalized spacial score (nSPS) is 29.3. The van der Waals surface area contributed by atoms with Gasteiger partial charge in [-0.1, -0.05) is 0 Å². The molecule has 1 aliphatic carbocycles. The summed E-state index contributed by atoms with van der Waals surface area (Å²) in [6.45, 7) is 5.99. The maximum absolute atomic E-state index is 14.5. The van der Waals surface area contributed by atoms with Crippen molar-refractivity contribution in [3.05, 3.63) is 47.3 Å². The fraction of sp³-hybridized carbons (Fsp3) is 0.545. The molecule has 0 radical (unpaired) electrons. The van der Waals surface area contributed by atoms with Crippen LogP contribution in [0.1, 0.15) is 38.8 Å². The largest absolute Gasteiger partial charge is 0.390 e. The van der Waals surface area contributed by atoms with Crippen LogP contribution in [0.3, 0.4) is 0 Å². The number of nitrogens with zero attached hydrogens (tertiary/aromatic N) is 2. The second-order valence-corrected chi connectivity index (χ2v) is 8.43. The highest BCUT2D eigenvalue weighted by molar-refractivity contribution is 5.92. The summed E-state index contributed by atoms with van der Waals surface area (Å²) in [5.41, 5.74) is 2.22. The Morgan fingerprint density at radius 1 is 1.43 bits per heavy atom. The number of amides is 1. The van der Waals surface area contributed by atoms with Gasteiger partial charge in [0.25, 0.3) is 0 Å². The smallest absolute Gasteiger partial charge is 0.245 e. The molecule has 2 fully saturated rings. The Kier molecular flexibility index (Phi) is 5.79. The van der Waals surface area contributed by atoms with Crippen LogP contribution in [0.15, 0.2) is 41.6 Å². The van der Waals surface area contributed by atoms with Crippen LogP contribution in [0.25, 0.3) is 0 Å². The number of pyridine rings is 1. The van der Waals surface area contributed by atoms with E-state index in [0.717, 1.165) is 30.8 Å². The van der Waals surface area contributed by atoms with E-state index in [2.05, 4.69) is 25.8 Å². The molecule has 2 unspecified atom stereocenters. The number of likely N-dealkylation sites (tertiary alicyclic amines) is 1. The Morgan fingerprint density at radius 3 is 2.97 bits per heavy atom. The van der Waals surface area contributed by atoms with Crippen LogP contribution < -0.4 is 16.0 Å². The summed E-state index contributed by atoms with van der Waals surface area (Å²) in [6, 6.07) is 3.87. The molecule has 2 aliphatic heterocycles. The second-order valence-electron chi connectivity index (χ2n) is 8.43. The van der Waals surface area contributed by atoms with Crippen LogP contribution in [-0.2, 0) is 11.4 Å². The van der Waals surface area contributed by atoms with Crippen LogP contribution in [-0.4, -0.2) is 52.1 Å². The number of anilines is 1. The molecule has 0 saturated carbocycles. The molecule has 0 aromatic carbocycles. The predicted octanol–water partition coefficient (Wildman–Crippen LogP) is 2.03. The Balaban J connectivity index is 1.53. The average molecular weight is 416 g/mol. The quantitative estimate of drug-likeness (QED) is 0.569. The van der Waals surface area contributed by atoms with E-state index in [1.165, 1.54) is 6.08 Å². The third kappa shape index (κ3) is 3.70. The van der Waals surface area contributed by atoms with E-state index in [-0.39, 0.29) is 36.7 Å². The number of allylic oxidation sites excluding steroid dienone is 2. The summed E-state index contributed by atoms with van der Waals surface area (Å²) in [6.07, 6.45) is 5.40. The molecule has 8 heteroatoms. The zero-order valence-electron chi connectivity index (χ0n) is 17.5. The van der Waals surface area contributed by atoms with Gasteiger partial charge in [0.05, 0.1) is 29.9 Å². The van der Waals surface area contributed by atoms with Gasteiger partial charge in [-0.25, -0.2) is 4.39 Å². The van der Waals surface area contributed by atoms with Crippen LogP contribution in [0.4, 0.5) is 10.1 Å². The zero-order valence-corrected chi connectivity index (χ0v) is 17.5. The van der Waals surface area contributed by atoms with Crippen molar-refractivity contribution in [3.63, 3.8) is 0 Å². The van der Waals surface area contributed by atoms with Gasteiger partial charge >= 0.3 is 0 Å². The summed E-state index contributed by atoms with van der Waals surface area (Å²) in [7, 11) is 0. The van der Waals surface area contributed by atoms with E-state index in [9.17, 15) is 9.18 Å². The first-order chi connectivity index (χ1) is 14.5. The highest BCUT2D eigenvalue weighted by Gasteiger charge is 2.55. The van der Waals surface area contributed by atoms with Crippen molar-refractivity contribution in [2.75, 3.05) is 25.0 Å². The lowest BCUT2D eigenvalue weighted by atomic mass is 9.78. The minimum Gasteiger partial charge on any atom is -0.390 e. The number of hydrogen-bond donors (Lipinski definition) is 4. The number of likely N-dealkylation sites (N-methyl/N-ethyl adjacent to an activating group) is 1. The second kappa shape index (κ2) is 8.35. The fourth-order valence-electron chi connectivity index (χ4n) is 4.88. The number of carbonyl (C=O) groups is 1. The Bertz CT molecular complexity index is 869. The molecule has 162 valence electrons. The third-order valence-electron chi connectivity index (χ3n) is 6.53. The van der Waals surface area contributed by atoms with Gasteiger partial charge in [0.1, 0.15) is 11.4 Å². The molecular formula is C22H30FN5O2. The van der Waals surface area contributed by atoms with E-state index < -0.39 is 5.54 Å². The number of piperidine rings is 1. The highest BCUT2D eigenvalue weighted by Crippen LogP contribution is 2.44. The molecule has 0 spiro atoms. The number of aromatic nitrogens is 1. The maximum atomic E-state index is 14.5. The van der Waals surface area contributed by atoms with E-state index in [0.29, 0.717) is 24.5 Å². The van der Waals surface area contributed by atoms with Crippen LogP contribution >= 0.6 is 0 Å². The van der Waals surface area contributed by atoms with Crippen molar-refractivity contribution in [1.82, 2.24) is 20.5 Å². The molecule has 30 heavy (non-hydrogen) atoms. The molecule has 1 amide bonds. The molecule has 2 saturated heterocycles. The highest BCUT2D eigenvalue weighted by atomic mass is 19.1. The topological polar surface area (TPSA) is 89.5 Å². The third-order valence-corrected chi connectivity index (χ3v) is 6.53. The lowest BCUT2D eigenvalue weighted by Gasteiger charge is -2.45. The molecule has 4 N–H and O–H groups in total. The average Bonchev–Trinajstić information content (AvgIpc) is 3.01. The standard InChI is InChI=1S/C22H30FN5O2/c1-3-24-19-10-14(23)9-18-20(19)27-21(30)22(18,2)28-8-4-5-16(12-28)26-15-6-7-17(13-29)25-11-15/h6-7,10-11,16,18,24,26,29H,3-5,8-9,12-13H2,1-2H3,(H,27,30)/t16-,18?,22?/m1/s1. The first kappa shape index (κ1) is 20.8. The lowest BCUT2D eigenvalue weighted by Crippen LogP contribution is -2.59. The van der Waals surface area contributed by atoms with Crippen LogP contribution in [0.5, 0.6) is 0 Å². The zero-order chi connectivity index (χ0) is 21.3. The SMILES string of the molecule is CCNC1=C2NC(=O)C(C)(N3CCC[C@@H](Nc4ccc(CO)nc4)C3)C2CC(F)=C1. The van der Waals surface area contributed by atoms with Gasteiger partial charge < -0.3 is 21.1 Å². The van der Waals surface area contributed by atoms with Gasteiger partial charge in [0, 0.05) is 37.2 Å². The van der Waals surface area contributed by atoms with Crippen molar-refractivity contribution in [1.29, 1.82) is 0 Å². The maximum Gasteiger partial charge on any atom is 0.245 e. The van der Waals surface area contributed by atoms with E-state index in [1.807, 2.05) is 19.9 Å². The van der Waals surface area contributed by atoms with Crippen molar-refractivity contribution >= 4 is 11.6 Å². The summed E-state index contributed by atoms with van der Waals surface area (Å²) >= 11 is 0. The summed E-state index contributed by atoms with van der Waals surface area (Å²) in [4.78, 5) is 19.6. The van der Waals surface area contributed by atoms with Crippen LogP contribution in [0, 0.1) is 5.92 Å². The minimum atomic E-state index is -0.791. The van der Waals surface area contributed by atoms with E-state index in [4.69, 9.17) is 5.11 Å². The number of fused-ring (bicyclic) bond motifs is 1. The van der Waals surface area contributed by atoms with E-state index >= 15 is 0 Å². The number of aliphatic hydroxyl groups excluding tert-OH is 1. The predicted molar refractivity (Wildman–Crippen MR) is 113 cm³/mol. The molecule has 0 bridgehead atoms. The molecule has 3 atom stereocenters. The van der Waals surface area contributed by atoms with Crippen molar-refractivity contribution in [2.45, 2.75) is 51.3 Å². The Morgan fingerprint density at radius 2 is 2.27 bits per heavy atom. The summed E-state index contributed by atoms with van der Waals surface area (Å²) in [5.74, 6) is -0.479. The molecule has 3 heterocycles. The van der Waals surface area contributed by atoms with Gasteiger partial charge in [-0.05, 0) is 51.4 Å². The number of rotatable bonds is 6. The van der Waals surface area contributed by atoms with E-state index in [1.54, 1.807) is 12.3 Å². The van der Waals surface area contributed by atoms with Gasteiger partial charge in [-0.15, -0.1) is 0 Å². The molecule has 1 aromatic rings. The minimum absolute atomic E-state index is 0.0596. The van der Waals surface area contributed by atoms with Gasteiger partial charge in [0.2, 0.25) is 5.91 Å². The number of nitrogens with one attached hydrogen (secondary N) is 3. The molecule has 3 aliphatic rings. The lowest BCUT2D eigenvalue weighted by molar-refractivity contribution is -0.131. The Hall–Kier alpha value is -2.45. The molecular weight excluding hydrogens is 385 g/mol. The van der Waals surface area contributed by atoms with Crippen molar-refractivity contribution < 1.29 is 14.3 Å². The number of carbonyl (C=O) groups excluding carboxylic acids is 1. The summed E-state index contributed by atoms with van der Waals surface area (Å²) < 4.78 is 14.5. The van der Waals surface area contributed by atoms with Crippen molar-refractivity contribution in [3.8, 4) is 0 Å². The number of halogens is 1. The van der Waals surface area contributed by atoms with Crippen LogP contribution in [0.2, 0.25) is 0 Å². The first-order valence-corrected chi connectivity index (χ1v) is 10.7.